The zero-order chi connectivity index (χ0) is 7.90. The smallest absolute Gasteiger partial charge is 0.0443 e. The minimum absolute atomic E-state index is 0.286. The molecule has 0 aromatic carbocycles. The Bertz CT molecular complexity index is 149. The molecule has 4 N–H and O–H groups in total. The summed E-state index contributed by atoms with van der Waals surface area (Å²) >= 11 is 0. The van der Waals surface area contributed by atoms with Gasteiger partial charge in [-0.15, -0.1) is 0 Å². The van der Waals surface area contributed by atoms with Gasteiger partial charge in [-0.3, -0.25) is 9.11 Å². The van der Waals surface area contributed by atoms with Crippen LogP contribution in [0, 0.1) is 0 Å². The topological polar surface area (TPSA) is 64.5 Å². The van der Waals surface area contributed by atoms with E-state index in [1.807, 2.05) is 0 Å². The largest absolute Gasteiger partial charge is 0.273 e. The van der Waals surface area contributed by atoms with E-state index in [9.17, 15) is 9.11 Å². The fraction of sp³-hybridized carbons (Fsp3) is 1.00. The molecule has 2 atom stereocenters. The second-order valence-corrected chi connectivity index (χ2v) is 4.85. The monoisotopic (exact) mass is 178 g/mol. The lowest BCUT2D eigenvalue weighted by atomic mass is 9.92. The van der Waals surface area contributed by atoms with Crippen LogP contribution in [0.3, 0.4) is 0 Å². The molecule has 66 valence electrons. The van der Waals surface area contributed by atoms with Crippen molar-refractivity contribution >= 4 is 11.0 Å². The first kappa shape index (κ1) is 7.82. The third kappa shape index (κ3) is 1.52. The van der Waals surface area contributed by atoms with Crippen LogP contribution in [-0.4, -0.2) is 21.2 Å². The van der Waals surface area contributed by atoms with Crippen molar-refractivity contribution in [2.75, 3.05) is 0 Å². The van der Waals surface area contributed by atoms with E-state index >= 15 is 0 Å². The first-order valence-corrected chi connectivity index (χ1v) is 5.55. The minimum atomic E-state index is -2.63. The van der Waals surface area contributed by atoms with Gasteiger partial charge < -0.3 is 0 Å². The zero-order valence-corrected chi connectivity index (χ0v) is 7.10. The highest BCUT2D eigenvalue weighted by Gasteiger charge is 2.37. The summed E-state index contributed by atoms with van der Waals surface area (Å²) in [5, 5.41) is 0. The molecule has 1 saturated carbocycles. The predicted octanol–water partition coefficient (Wildman–Crippen LogP) is 1.07. The van der Waals surface area contributed by atoms with Gasteiger partial charge in [-0.25, -0.2) is 9.44 Å². The van der Waals surface area contributed by atoms with Crippen molar-refractivity contribution in [2.24, 2.45) is 0 Å². The number of fused-ring (bicyclic) bond motifs is 1. The Labute approximate surface area is 68.0 Å². The molecule has 4 nitrogen and oxygen atoms in total. The van der Waals surface area contributed by atoms with Crippen LogP contribution >= 0.6 is 11.0 Å². The van der Waals surface area contributed by atoms with E-state index in [1.165, 1.54) is 12.8 Å². The van der Waals surface area contributed by atoms with E-state index in [-0.39, 0.29) is 12.1 Å². The third-order valence-corrected chi connectivity index (χ3v) is 3.66. The molecule has 0 amide bonds. The lowest BCUT2D eigenvalue weighted by molar-refractivity contribution is 0.374. The average molecular weight is 178 g/mol. The van der Waals surface area contributed by atoms with Gasteiger partial charge in [0.25, 0.3) is 0 Å². The summed E-state index contributed by atoms with van der Waals surface area (Å²) in [6.07, 6.45) is 4.53. The molecule has 0 radical (unpaired) electrons. The summed E-state index contributed by atoms with van der Waals surface area (Å²) in [5.74, 6) is 0. The fourth-order valence-electron chi connectivity index (χ4n) is 1.87. The van der Waals surface area contributed by atoms with Crippen molar-refractivity contribution in [1.29, 1.82) is 0 Å². The Hall–Kier alpha value is 0.190. The Morgan fingerprint density at radius 3 is 1.91 bits per heavy atom. The molecule has 1 saturated heterocycles. The number of nitrogens with one attached hydrogen (secondary N) is 2. The number of hydrogen-bond acceptors (Lipinski definition) is 4. The molecule has 2 aliphatic rings. The van der Waals surface area contributed by atoms with Gasteiger partial charge in [0.05, 0.1) is 0 Å². The fourth-order valence-corrected chi connectivity index (χ4v) is 3.35. The SMILES string of the molecule is OS1(O)NC2CCCCC2N1. The molecule has 1 aliphatic heterocycles. The van der Waals surface area contributed by atoms with Crippen molar-refractivity contribution in [3.63, 3.8) is 0 Å². The van der Waals surface area contributed by atoms with Crippen LogP contribution in [0.4, 0.5) is 0 Å². The molecule has 1 aliphatic carbocycles. The van der Waals surface area contributed by atoms with Crippen molar-refractivity contribution in [3.8, 4) is 0 Å². The number of hydrogen-bond donors (Lipinski definition) is 4. The molecule has 0 aromatic heterocycles. The highest BCUT2D eigenvalue weighted by Crippen LogP contribution is 2.40. The van der Waals surface area contributed by atoms with Gasteiger partial charge in [0.15, 0.2) is 0 Å². The summed E-state index contributed by atoms with van der Waals surface area (Å²) in [4.78, 5) is 0. The highest BCUT2D eigenvalue weighted by molar-refractivity contribution is 8.21. The van der Waals surface area contributed by atoms with E-state index in [2.05, 4.69) is 9.44 Å². The summed E-state index contributed by atoms with van der Waals surface area (Å²) < 4.78 is 24.1. The highest BCUT2D eigenvalue weighted by atomic mass is 32.3. The normalized spacial score (nSPS) is 44.9. The maximum absolute atomic E-state index is 9.24. The molecule has 2 rings (SSSR count). The molecular formula is C6H14N2O2S. The van der Waals surface area contributed by atoms with Crippen LogP contribution < -0.4 is 9.44 Å². The van der Waals surface area contributed by atoms with Crippen LogP contribution in [-0.2, 0) is 0 Å². The third-order valence-electron chi connectivity index (χ3n) is 2.40. The summed E-state index contributed by atoms with van der Waals surface area (Å²) in [5.41, 5.74) is 0. The van der Waals surface area contributed by atoms with Crippen molar-refractivity contribution in [2.45, 2.75) is 37.8 Å². The maximum Gasteiger partial charge on any atom is 0.0443 e. The lowest BCUT2D eigenvalue weighted by Gasteiger charge is -2.26. The molecule has 2 fully saturated rings. The molecule has 5 heteroatoms. The molecule has 11 heavy (non-hydrogen) atoms. The van der Waals surface area contributed by atoms with Crippen LogP contribution in [0.5, 0.6) is 0 Å². The van der Waals surface area contributed by atoms with Gasteiger partial charge in [-0.05, 0) is 12.8 Å². The van der Waals surface area contributed by atoms with Gasteiger partial charge in [0.1, 0.15) is 0 Å². The summed E-state index contributed by atoms with van der Waals surface area (Å²) in [7, 11) is -2.63. The minimum Gasteiger partial charge on any atom is -0.273 e. The van der Waals surface area contributed by atoms with Gasteiger partial charge >= 0.3 is 0 Å². The molecule has 0 bridgehead atoms. The summed E-state index contributed by atoms with van der Waals surface area (Å²) in [6.45, 7) is 0. The van der Waals surface area contributed by atoms with Crippen LogP contribution in [0.15, 0.2) is 0 Å². The first-order valence-electron chi connectivity index (χ1n) is 4.00. The second kappa shape index (κ2) is 2.60. The Kier molecular flexibility index (Phi) is 1.85. The first-order chi connectivity index (χ1) is 5.17. The predicted molar refractivity (Wildman–Crippen MR) is 45.2 cm³/mol. The molecular weight excluding hydrogens is 164 g/mol. The van der Waals surface area contributed by atoms with Crippen LogP contribution in [0.1, 0.15) is 25.7 Å². The quantitative estimate of drug-likeness (QED) is 0.448. The van der Waals surface area contributed by atoms with Crippen molar-refractivity contribution < 1.29 is 9.11 Å². The summed E-state index contributed by atoms with van der Waals surface area (Å²) in [6, 6.07) is 0.572. The van der Waals surface area contributed by atoms with Gasteiger partial charge in [-0.1, -0.05) is 23.8 Å². The van der Waals surface area contributed by atoms with E-state index in [1.54, 1.807) is 0 Å². The molecule has 0 spiro atoms. The lowest BCUT2D eigenvalue weighted by Crippen LogP contribution is -2.36. The van der Waals surface area contributed by atoms with Crippen LogP contribution in [0.2, 0.25) is 0 Å². The second-order valence-electron chi connectivity index (χ2n) is 3.28. The van der Waals surface area contributed by atoms with Crippen molar-refractivity contribution in [1.82, 2.24) is 9.44 Å². The average Bonchev–Trinajstić information content (AvgIpc) is 2.21. The van der Waals surface area contributed by atoms with Gasteiger partial charge in [0.2, 0.25) is 0 Å². The molecule has 1 heterocycles. The zero-order valence-electron chi connectivity index (χ0n) is 6.29. The maximum atomic E-state index is 9.24. The van der Waals surface area contributed by atoms with Crippen molar-refractivity contribution in [3.05, 3.63) is 0 Å². The van der Waals surface area contributed by atoms with E-state index < -0.39 is 11.0 Å². The Morgan fingerprint density at radius 1 is 1.00 bits per heavy atom. The van der Waals surface area contributed by atoms with Gasteiger partial charge in [-0.2, -0.15) is 0 Å². The van der Waals surface area contributed by atoms with Crippen LogP contribution in [0.25, 0.3) is 0 Å². The van der Waals surface area contributed by atoms with E-state index in [4.69, 9.17) is 0 Å². The standard InChI is InChI=1S/C6H14N2O2S/c9-11(10)7-5-3-1-2-4-6(5)8-11/h5-10H,1-4H2. The van der Waals surface area contributed by atoms with E-state index in [0.29, 0.717) is 0 Å². The van der Waals surface area contributed by atoms with Gasteiger partial charge in [0, 0.05) is 12.1 Å². The number of rotatable bonds is 0. The van der Waals surface area contributed by atoms with E-state index in [0.717, 1.165) is 12.8 Å². The Balaban J connectivity index is 2.03. The Morgan fingerprint density at radius 2 is 1.45 bits per heavy atom. The molecule has 2 unspecified atom stereocenters. The molecule has 0 aromatic rings.